The molecule has 4 rings (SSSR count). The number of hydrogen-bond donors (Lipinski definition) is 1. The number of carbonyl (C=O) groups is 1. The van der Waals surface area contributed by atoms with E-state index in [1.807, 2.05) is 38.1 Å². The summed E-state index contributed by atoms with van der Waals surface area (Å²) in [5.74, 6) is 0.327. The molecule has 0 radical (unpaired) electrons. The van der Waals surface area contributed by atoms with Crippen LogP contribution in [0.4, 0.5) is 0 Å². The molecule has 3 aromatic rings. The topological polar surface area (TPSA) is 65.0 Å². The monoisotopic (exact) mass is 624 g/mol. The van der Waals surface area contributed by atoms with Crippen molar-refractivity contribution < 1.29 is 23.7 Å². The molecule has 3 atom stereocenters. The van der Waals surface area contributed by atoms with Crippen LogP contribution in [0.2, 0.25) is 5.02 Å². The van der Waals surface area contributed by atoms with Crippen LogP contribution in [0.5, 0.6) is 5.75 Å². The molecule has 1 fully saturated rings. The van der Waals surface area contributed by atoms with E-state index in [2.05, 4.69) is 71.9 Å². The minimum absolute atomic E-state index is 0.0412. The maximum atomic E-state index is 12.4. The van der Waals surface area contributed by atoms with Crippen LogP contribution in [-0.4, -0.2) is 24.0 Å². The van der Waals surface area contributed by atoms with Crippen molar-refractivity contribution in [3.8, 4) is 5.75 Å². The van der Waals surface area contributed by atoms with Crippen molar-refractivity contribution >= 4 is 25.9 Å². The van der Waals surface area contributed by atoms with E-state index in [0.29, 0.717) is 24.4 Å². The van der Waals surface area contributed by atoms with Crippen molar-refractivity contribution in [3.05, 3.63) is 98.6 Å². The number of aryl methyl sites for hydroxylation is 2. The molecular weight excluding hydrogens is 579 g/mol. The molecule has 0 spiro atoms. The lowest BCUT2D eigenvalue weighted by atomic mass is 9.60. The summed E-state index contributed by atoms with van der Waals surface area (Å²) in [5.41, 5.74) is 6.83. The number of aliphatic carboxylic acids is 1. The van der Waals surface area contributed by atoms with Crippen molar-refractivity contribution in [1.29, 1.82) is 0 Å². The lowest BCUT2D eigenvalue weighted by molar-refractivity contribution is -0.152. The number of benzene rings is 3. The molecule has 5 nitrogen and oxygen atoms in total. The molecule has 232 valence electrons. The lowest BCUT2D eigenvalue weighted by Gasteiger charge is -2.42. The summed E-state index contributed by atoms with van der Waals surface area (Å²) in [4.78, 5) is 12.4. The van der Waals surface area contributed by atoms with Crippen LogP contribution in [0.25, 0.3) is 0 Å². The van der Waals surface area contributed by atoms with E-state index < -0.39 is 25.2 Å². The van der Waals surface area contributed by atoms with Gasteiger partial charge in [-0.1, -0.05) is 76.6 Å². The van der Waals surface area contributed by atoms with Gasteiger partial charge in [0, 0.05) is 16.9 Å². The second-order valence-corrected chi connectivity index (χ2v) is 14.6. The highest BCUT2D eigenvalue weighted by Crippen LogP contribution is 2.49. The van der Waals surface area contributed by atoms with Gasteiger partial charge in [-0.15, -0.1) is 0 Å². The summed E-state index contributed by atoms with van der Waals surface area (Å²) in [6.07, 6.45) is 2.47. The van der Waals surface area contributed by atoms with E-state index in [1.165, 1.54) is 27.8 Å². The third-order valence-corrected chi connectivity index (χ3v) is 11.0. The van der Waals surface area contributed by atoms with E-state index >= 15 is 0 Å². The summed E-state index contributed by atoms with van der Waals surface area (Å²) in [6, 6.07) is 18.6. The Balaban J connectivity index is 1.49. The van der Waals surface area contributed by atoms with Gasteiger partial charge in [0.2, 0.25) is 8.38 Å². The maximum absolute atomic E-state index is 12.4. The van der Waals surface area contributed by atoms with Crippen LogP contribution in [-0.2, 0) is 25.7 Å². The van der Waals surface area contributed by atoms with Crippen molar-refractivity contribution in [3.63, 3.8) is 0 Å². The van der Waals surface area contributed by atoms with Crippen LogP contribution >= 0.6 is 20.0 Å². The Kier molecular flexibility index (Phi) is 10.7. The predicted octanol–water partition coefficient (Wildman–Crippen LogP) is 10.3. The minimum Gasteiger partial charge on any atom is -0.484 e. The Bertz CT molecular complexity index is 1430. The van der Waals surface area contributed by atoms with Gasteiger partial charge >= 0.3 is 5.97 Å². The van der Waals surface area contributed by atoms with Crippen molar-refractivity contribution in [2.45, 2.75) is 92.1 Å². The second kappa shape index (κ2) is 13.7. The fourth-order valence-corrected chi connectivity index (χ4v) is 7.53. The van der Waals surface area contributed by atoms with Crippen molar-refractivity contribution in [2.24, 2.45) is 5.41 Å². The van der Waals surface area contributed by atoms with Gasteiger partial charge in [0.05, 0.1) is 18.1 Å². The van der Waals surface area contributed by atoms with Gasteiger partial charge in [0.1, 0.15) is 5.75 Å². The number of carboxylic acids is 1. The fraction of sp³-hybridized carbons (Fsp3) is 0.472. The van der Waals surface area contributed by atoms with Gasteiger partial charge in [0.15, 0.2) is 6.35 Å². The molecule has 1 heterocycles. The third-order valence-electron chi connectivity index (χ3n) is 9.44. The van der Waals surface area contributed by atoms with Crippen LogP contribution in [0.15, 0.2) is 54.6 Å². The first-order valence-corrected chi connectivity index (χ1v) is 16.9. The van der Waals surface area contributed by atoms with E-state index in [9.17, 15) is 9.90 Å². The Morgan fingerprint density at radius 2 is 1.79 bits per heavy atom. The summed E-state index contributed by atoms with van der Waals surface area (Å²) >= 11 is 6.19. The largest absolute Gasteiger partial charge is 0.484 e. The van der Waals surface area contributed by atoms with Gasteiger partial charge < -0.3 is 18.9 Å². The smallest absolute Gasteiger partial charge is 0.310 e. The zero-order valence-electron chi connectivity index (χ0n) is 26.8. The third kappa shape index (κ3) is 7.28. The zero-order chi connectivity index (χ0) is 31.5. The molecule has 1 aliphatic heterocycles. The van der Waals surface area contributed by atoms with Crippen molar-refractivity contribution in [1.82, 2.24) is 0 Å². The summed E-state index contributed by atoms with van der Waals surface area (Å²) < 4.78 is 18.3. The summed E-state index contributed by atoms with van der Waals surface area (Å²) in [7, 11) is -1.17. The molecule has 0 aromatic heterocycles. The number of halogens is 1. The molecule has 1 aliphatic rings. The zero-order valence-corrected chi connectivity index (χ0v) is 28.4. The summed E-state index contributed by atoms with van der Waals surface area (Å²) in [6.45, 7) is 17.2. The van der Waals surface area contributed by atoms with Gasteiger partial charge in [-0.2, -0.15) is 0 Å². The second-order valence-electron chi connectivity index (χ2n) is 12.8. The van der Waals surface area contributed by atoms with E-state index in [-0.39, 0.29) is 12.0 Å². The predicted molar refractivity (Wildman–Crippen MR) is 177 cm³/mol. The minimum atomic E-state index is -1.17. The molecule has 1 N–H and O–H groups in total. The highest BCUT2D eigenvalue weighted by Gasteiger charge is 2.48. The number of ether oxygens (including phenoxy) is 1. The first kappa shape index (κ1) is 33.5. The Morgan fingerprint density at radius 3 is 2.40 bits per heavy atom. The SMILES string of the molecule is CCC(C)(C(=O)O)C(C)(C)c1ccc(Cc2c(C)cc(OCP3OCCC(c4cccc(Cl)c4)O3)cc2C)cc1C(C)C. The quantitative estimate of drug-likeness (QED) is 0.215. The van der Waals surface area contributed by atoms with Gasteiger partial charge in [-0.3, -0.25) is 4.79 Å². The van der Waals surface area contributed by atoms with Crippen molar-refractivity contribution in [2.75, 3.05) is 13.0 Å². The molecule has 0 saturated carbocycles. The number of hydrogen-bond acceptors (Lipinski definition) is 4. The Hall–Kier alpha value is -2.43. The van der Waals surface area contributed by atoms with Gasteiger partial charge in [-0.05, 0) is 103 Å². The molecule has 0 aliphatic carbocycles. The average Bonchev–Trinajstić information content (AvgIpc) is 2.97. The molecule has 7 heteroatoms. The Labute approximate surface area is 263 Å². The Morgan fingerprint density at radius 1 is 1.09 bits per heavy atom. The van der Waals surface area contributed by atoms with E-state index in [0.717, 1.165) is 29.7 Å². The van der Waals surface area contributed by atoms with E-state index in [1.54, 1.807) is 0 Å². The molecule has 3 unspecified atom stereocenters. The normalized spacial score (nSPS) is 18.8. The van der Waals surface area contributed by atoms with E-state index in [4.69, 9.17) is 25.4 Å². The first-order valence-electron chi connectivity index (χ1n) is 15.2. The average molecular weight is 625 g/mol. The molecule has 43 heavy (non-hydrogen) atoms. The molecular formula is C36H46ClO5P. The fourth-order valence-electron chi connectivity index (χ4n) is 6.06. The van der Waals surface area contributed by atoms with Gasteiger partial charge in [0.25, 0.3) is 0 Å². The van der Waals surface area contributed by atoms with Crippen LogP contribution in [0, 0.1) is 19.3 Å². The number of carboxylic acid groups (broad SMARTS) is 1. The molecule has 0 bridgehead atoms. The summed E-state index contributed by atoms with van der Waals surface area (Å²) in [5, 5.41) is 10.9. The van der Waals surface area contributed by atoms with Crippen LogP contribution < -0.4 is 4.74 Å². The first-order chi connectivity index (χ1) is 20.3. The van der Waals surface area contributed by atoms with Crippen LogP contribution in [0.3, 0.4) is 0 Å². The van der Waals surface area contributed by atoms with Crippen LogP contribution in [0.1, 0.15) is 105 Å². The highest BCUT2D eigenvalue weighted by molar-refractivity contribution is 7.47. The molecule has 3 aromatic carbocycles. The maximum Gasteiger partial charge on any atom is 0.310 e. The lowest BCUT2D eigenvalue weighted by Crippen LogP contribution is -2.45. The van der Waals surface area contributed by atoms with Gasteiger partial charge in [-0.25, -0.2) is 0 Å². The number of rotatable bonds is 11. The standard InChI is InChI=1S/C36H46ClO5P/c1-9-36(8,34(38)39)35(6,7)32-14-13-26(19-30(32)23(2)3)20-31-24(4)17-29(18-25(31)5)40-22-43-41-16-15-33(42-43)27-11-10-12-28(37)21-27/h10-14,17-19,21,23,33H,9,15-16,20,22H2,1-8H3,(H,38,39). The molecule has 1 saturated heterocycles. The molecule has 0 amide bonds. The highest BCUT2D eigenvalue weighted by atomic mass is 35.5.